The standard InChI is InChI=1S/C21H18FN3S/c22-20-12-5-4-11-19(20)18-10-6-9-17(13-18)14-24-25-21(23)26-15-16-7-2-1-3-8-16/h1-14H,15H2,(H2,23,25). The van der Waals surface area contributed by atoms with Crippen molar-refractivity contribution in [2.75, 3.05) is 0 Å². The molecule has 0 bridgehead atoms. The van der Waals surface area contributed by atoms with Crippen molar-refractivity contribution < 1.29 is 4.39 Å². The van der Waals surface area contributed by atoms with Crippen LogP contribution >= 0.6 is 11.8 Å². The maximum Gasteiger partial charge on any atom is 0.180 e. The number of hydrogen-bond donors (Lipinski definition) is 1. The van der Waals surface area contributed by atoms with E-state index in [-0.39, 0.29) is 5.82 Å². The number of nitrogens with two attached hydrogens (primary N) is 1. The molecule has 5 heteroatoms. The minimum Gasteiger partial charge on any atom is -0.377 e. The van der Waals surface area contributed by atoms with Gasteiger partial charge in [0.2, 0.25) is 0 Å². The van der Waals surface area contributed by atoms with E-state index in [2.05, 4.69) is 10.2 Å². The van der Waals surface area contributed by atoms with Crippen LogP contribution in [0.5, 0.6) is 0 Å². The van der Waals surface area contributed by atoms with Crippen LogP contribution < -0.4 is 5.73 Å². The van der Waals surface area contributed by atoms with Gasteiger partial charge in [-0.05, 0) is 28.8 Å². The third-order valence-electron chi connectivity index (χ3n) is 3.66. The lowest BCUT2D eigenvalue weighted by Crippen LogP contribution is -2.05. The molecule has 3 nitrogen and oxygen atoms in total. The van der Waals surface area contributed by atoms with Crippen molar-refractivity contribution >= 4 is 23.1 Å². The Hall–Kier alpha value is -2.92. The Morgan fingerprint density at radius 3 is 2.54 bits per heavy atom. The Morgan fingerprint density at radius 1 is 0.962 bits per heavy atom. The van der Waals surface area contributed by atoms with Gasteiger partial charge in [-0.1, -0.05) is 78.5 Å². The van der Waals surface area contributed by atoms with Gasteiger partial charge in [-0.15, -0.1) is 5.10 Å². The molecule has 3 aromatic rings. The van der Waals surface area contributed by atoms with Crippen molar-refractivity contribution in [3.63, 3.8) is 0 Å². The molecule has 0 amide bonds. The van der Waals surface area contributed by atoms with Crippen molar-refractivity contribution in [2.24, 2.45) is 15.9 Å². The zero-order valence-electron chi connectivity index (χ0n) is 14.0. The number of nitrogens with zero attached hydrogens (tertiary/aromatic N) is 2. The van der Waals surface area contributed by atoms with Crippen LogP contribution in [0.4, 0.5) is 4.39 Å². The zero-order chi connectivity index (χ0) is 18.2. The molecule has 0 saturated carbocycles. The van der Waals surface area contributed by atoms with Crippen LogP contribution in [-0.4, -0.2) is 11.4 Å². The molecule has 0 atom stereocenters. The van der Waals surface area contributed by atoms with Crippen molar-refractivity contribution in [1.82, 2.24) is 0 Å². The molecule has 130 valence electrons. The number of benzene rings is 3. The zero-order valence-corrected chi connectivity index (χ0v) is 14.9. The van der Waals surface area contributed by atoms with Crippen LogP contribution in [0.2, 0.25) is 0 Å². The van der Waals surface area contributed by atoms with E-state index in [9.17, 15) is 4.39 Å². The first-order valence-electron chi connectivity index (χ1n) is 8.10. The Morgan fingerprint density at radius 2 is 1.73 bits per heavy atom. The number of halogens is 1. The summed E-state index contributed by atoms with van der Waals surface area (Å²) in [4.78, 5) is 0. The minimum absolute atomic E-state index is 0.249. The average Bonchev–Trinajstić information content (AvgIpc) is 2.68. The summed E-state index contributed by atoms with van der Waals surface area (Å²) in [6.07, 6.45) is 1.61. The van der Waals surface area contributed by atoms with Crippen LogP contribution in [-0.2, 0) is 5.75 Å². The van der Waals surface area contributed by atoms with E-state index in [4.69, 9.17) is 5.73 Å². The third kappa shape index (κ3) is 5.04. The lowest BCUT2D eigenvalue weighted by atomic mass is 10.0. The third-order valence-corrected chi connectivity index (χ3v) is 4.52. The Balaban J connectivity index is 1.65. The highest BCUT2D eigenvalue weighted by molar-refractivity contribution is 8.13. The largest absolute Gasteiger partial charge is 0.377 e. The van der Waals surface area contributed by atoms with Gasteiger partial charge in [0.25, 0.3) is 0 Å². The molecule has 2 N–H and O–H groups in total. The lowest BCUT2D eigenvalue weighted by Gasteiger charge is -2.04. The van der Waals surface area contributed by atoms with Crippen LogP contribution in [0.3, 0.4) is 0 Å². The molecular formula is C21H18FN3S. The Kier molecular flexibility index (Phi) is 6.17. The molecule has 0 spiro atoms. The quantitative estimate of drug-likeness (QED) is 0.391. The Bertz CT molecular complexity index is 923. The predicted octanol–water partition coefficient (Wildman–Crippen LogP) is 5.07. The predicted molar refractivity (Wildman–Crippen MR) is 109 cm³/mol. The molecule has 0 fully saturated rings. The number of hydrogen-bond acceptors (Lipinski definition) is 3. The molecule has 0 heterocycles. The van der Waals surface area contributed by atoms with Crippen LogP contribution in [0, 0.1) is 5.82 Å². The fourth-order valence-electron chi connectivity index (χ4n) is 2.39. The van der Waals surface area contributed by atoms with E-state index in [0.29, 0.717) is 10.7 Å². The van der Waals surface area contributed by atoms with Gasteiger partial charge in [-0.25, -0.2) is 4.39 Å². The molecule has 0 unspecified atom stereocenters. The topological polar surface area (TPSA) is 50.7 Å². The molecule has 0 radical (unpaired) electrons. The first-order valence-corrected chi connectivity index (χ1v) is 9.09. The van der Waals surface area contributed by atoms with Crippen molar-refractivity contribution in [2.45, 2.75) is 5.75 Å². The van der Waals surface area contributed by atoms with Gasteiger partial charge in [0.05, 0.1) is 6.21 Å². The second-order valence-electron chi connectivity index (χ2n) is 5.56. The summed E-state index contributed by atoms with van der Waals surface area (Å²) in [5.74, 6) is 0.496. The summed E-state index contributed by atoms with van der Waals surface area (Å²) in [5, 5.41) is 8.44. The first-order chi connectivity index (χ1) is 12.7. The summed E-state index contributed by atoms with van der Waals surface area (Å²) in [6, 6.07) is 24.2. The van der Waals surface area contributed by atoms with Gasteiger partial charge in [-0.2, -0.15) is 5.10 Å². The van der Waals surface area contributed by atoms with E-state index in [0.717, 1.165) is 16.9 Å². The monoisotopic (exact) mass is 363 g/mol. The smallest absolute Gasteiger partial charge is 0.180 e. The molecular weight excluding hydrogens is 345 g/mol. The summed E-state index contributed by atoms with van der Waals surface area (Å²) < 4.78 is 13.9. The van der Waals surface area contributed by atoms with Crippen molar-refractivity contribution in [3.05, 3.63) is 95.8 Å². The SMILES string of the molecule is NC(=NN=Cc1cccc(-c2ccccc2F)c1)SCc1ccccc1. The molecule has 0 aliphatic carbocycles. The van der Waals surface area contributed by atoms with Gasteiger partial charge in [-0.3, -0.25) is 0 Å². The Labute approximate surface area is 156 Å². The highest BCUT2D eigenvalue weighted by Crippen LogP contribution is 2.22. The minimum atomic E-state index is -0.249. The molecule has 3 rings (SSSR count). The molecule has 0 saturated heterocycles. The van der Waals surface area contributed by atoms with Gasteiger partial charge >= 0.3 is 0 Å². The average molecular weight is 363 g/mol. The van der Waals surface area contributed by atoms with Crippen LogP contribution in [0.1, 0.15) is 11.1 Å². The normalized spacial score (nSPS) is 11.8. The summed E-state index contributed by atoms with van der Waals surface area (Å²) in [7, 11) is 0. The van der Waals surface area contributed by atoms with Gasteiger partial charge in [0, 0.05) is 11.3 Å². The lowest BCUT2D eigenvalue weighted by molar-refractivity contribution is 0.631. The number of thioether (sulfide) groups is 1. The van der Waals surface area contributed by atoms with Gasteiger partial charge in [0.15, 0.2) is 5.17 Å². The van der Waals surface area contributed by atoms with E-state index >= 15 is 0 Å². The second-order valence-corrected chi connectivity index (χ2v) is 6.56. The van der Waals surface area contributed by atoms with Gasteiger partial charge in [0.1, 0.15) is 5.82 Å². The van der Waals surface area contributed by atoms with Crippen molar-refractivity contribution in [1.29, 1.82) is 0 Å². The van der Waals surface area contributed by atoms with Crippen molar-refractivity contribution in [3.8, 4) is 11.1 Å². The van der Waals surface area contributed by atoms with E-state index < -0.39 is 0 Å². The molecule has 3 aromatic carbocycles. The molecule has 0 aromatic heterocycles. The first kappa shape index (κ1) is 17.9. The maximum atomic E-state index is 13.9. The molecule has 0 aliphatic rings. The van der Waals surface area contributed by atoms with E-state index in [1.165, 1.54) is 23.4 Å². The summed E-state index contributed by atoms with van der Waals surface area (Å²) >= 11 is 1.43. The maximum absolute atomic E-state index is 13.9. The van der Waals surface area contributed by atoms with E-state index in [1.54, 1.807) is 18.3 Å². The van der Waals surface area contributed by atoms with Crippen LogP contribution in [0.15, 0.2) is 89.1 Å². The van der Waals surface area contributed by atoms with Crippen LogP contribution in [0.25, 0.3) is 11.1 Å². The second kappa shape index (κ2) is 8.97. The fraction of sp³-hybridized carbons (Fsp3) is 0.0476. The highest BCUT2D eigenvalue weighted by Gasteiger charge is 2.03. The molecule has 26 heavy (non-hydrogen) atoms. The summed E-state index contributed by atoms with van der Waals surface area (Å²) in [6.45, 7) is 0. The fourth-order valence-corrected chi connectivity index (χ4v) is 3.01. The number of amidine groups is 1. The number of rotatable bonds is 5. The summed E-state index contributed by atoms with van der Waals surface area (Å²) in [5.41, 5.74) is 9.24. The molecule has 0 aliphatic heterocycles. The highest BCUT2D eigenvalue weighted by atomic mass is 32.2. The van der Waals surface area contributed by atoms with E-state index in [1.807, 2.05) is 60.7 Å². The van der Waals surface area contributed by atoms with Gasteiger partial charge < -0.3 is 5.73 Å².